The number of ether oxygens (including phenoxy) is 2. The fraction of sp³-hybridized carbons (Fsp3) is 1.00. The molecule has 0 aromatic rings. The van der Waals surface area contributed by atoms with Crippen molar-refractivity contribution in [3.8, 4) is 0 Å². The molecule has 1 unspecified atom stereocenters. The molecule has 0 aliphatic rings. The summed E-state index contributed by atoms with van der Waals surface area (Å²) in [6, 6.07) is 0.437. The lowest BCUT2D eigenvalue weighted by molar-refractivity contribution is 0.0793. The maximum Gasteiger partial charge on any atom is 0.0615 e. The van der Waals surface area contributed by atoms with Gasteiger partial charge in [-0.3, -0.25) is 4.90 Å². The average Bonchev–Trinajstić information content (AvgIpc) is 2.12. The van der Waals surface area contributed by atoms with Crippen LogP contribution in [0.4, 0.5) is 0 Å². The van der Waals surface area contributed by atoms with Crippen LogP contribution in [-0.4, -0.2) is 57.2 Å². The average molecular weight is 207 g/mol. The molecule has 0 bridgehead atoms. The molecule has 0 aromatic carbocycles. The van der Waals surface area contributed by atoms with Crippen LogP contribution in [0.5, 0.6) is 0 Å². The molecule has 0 saturated carbocycles. The van der Waals surface area contributed by atoms with Crippen molar-refractivity contribution in [1.82, 2.24) is 4.90 Å². The third-order valence-electron chi connectivity index (χ3n) is 2.00. The summed E-state index contributed by atoms with van der Waals surface area (Å²) < 4.78 is 10.1. The molecule has 4 heteroatoms. The molecule has 0 aromatic heterocycles. The quantitative estimate of drug-likeness (QED) is 0.598. The predicted octanol–water partition coefficient (Wildman–Crippen LogP) is 0.900. The first kappa shape index (κ1) is 13.2. The molecule has 0 amide bonds. The molecular formula is C9H21NO2S. The van der Waals surface area contributed by atoms with Crippen LogP contribution in [0.3, 0.4) is 0 Å². The van der Waals surface area contributed by atoms with E-state index in [1.165, 1.54) is 0 Å². The van der Waals surface area contributed by atoms with E-state index in [0.29, 0.717) is 6.04 Å². The van der Waals surface area contributed by atoms with Crippen molar-refractivity contribution in [2.75, 3.05) is 46.3 Å². The van der Waals surface area contributed by atoms with Gasteiger partial charge < -0.3 is 9.47 Å². The molecule has 0 fully saturated rings. The van der Waals surface area contributed by atoms with E-state index in [9.17, 15) is 0 Å². The van der Waals surface area contributed by atoms with Gasteiger partial charge in [-0.25, -0.2) is 0 Å². The van der Waals surface area contributed by atoms with Crippen LogP contribution in [0.1, 0.15) is 6.92 Å². The van der Waals surface area contributed by atoms with Gasteiger partial charge in [0.05, 0.1) is 13.2 Å². The molecule has 0 N–H and O–H groups in total. The van der Waals surface area contributed by atoms with Crippen LogP contribution >= 0.6 is 12.6 Å². The third kappa shape index (κ3) is 6.32. The molecule has 1 atom stereocenters. The van der Waals surface area contributed by atoms with Gasteiger partial charge in [0.15, 0.2) is 0 Å². The highest BCUT2D eigenvalue weighted by atomic mass is 32.1. The van der Waals surface area contributed by atoms with Crippen molar-refractivity contribution in [2.45, 2.75) is 13.0 Å². The van der Waals surface area contributed by atoms with E-state index in [-0.39, 0.29) is 0 Å². The third-order valence-corrected chi connectivity index (χ3v) is 2.20. The minimum absolute atomic E-state index is 0.437. The zero-order valence-corrected chi connectivity index (χ0v) is 9.72. The maximum atomic E-state index is 5.10. The van der Waals surface area contributed by atoms with Gasteiger partial charge in [-0.2, -0.15) is 12.6 Å². The Morgan fingerprint density at radius 2 is 1.92 bits per heavy atom. The molecule has 13 heavy (non-hydrogen) atoms. The first-order valence-electron chi connectivity index (χ1n) is 4.59. The summed E-state index contributed by atoms with van der Waals surface area (Å²) in [5, 5.41) is 0. The number of rotatable bonds is 8. The summed E-state index contributed by atoms with van der Waals surface area (Å²) in [5.74, 6) is 0.873. The molecule has 3 nitrogen and oxygen atoms in total. The fourth-order valence-corrected chi connectivity index (χ4v) is 1.49. The lowest BCUT2D eigenvalue weighted by Gasteiger charge is -2.27. The predicted molar refractivity (Wildman–Crippen MR) is 58.6 cm³/mol. The van der Waals surface area contributed by atoms with E-state index in [1.54, 1.807) is 14.2 Å². The summed E-state index contributed by atoms with van der Waals surface area (Å²) >= 11 is 4.22. The largest absolute Gasteiger partial charge is 0.383 e. The van der Waals surface area contributed by atoms with Gasteiger partial charge in [-0.05, 0) is 6.92 Å². The summed E-state index contributed by atoms with van der Waals surface area (Å²) in [5.41, 5.74) is 0. The minimum atomic E-state index is 0.437. The second-order valence-electron chi connectivity index (χ2n) is 3.06. The van der Waals surface area contributed by atoms with Crippen LogP contribution in [0.15, 0.2) is 0 Å². The van der Waals surface area contributed by atoms with Crippen molar-refractivity contribution in [3.63, 3.8) is 0 Å². The van der Waals surface area contributed by atoms with Crippen molar-refractivity contribution in [1.29, 1.82) is 0 Å². The Morgan fingerprint density at radius 3 is 2.38 bits per heavy atom. The molecule has 0 spiro atoms. The van der Waals surface area contributed by atoms with Crippen molar-refractivity contribution in [3.05, 3.63) is 0 Å². The fourth-order valence-electron chi connectivity index (χ4n) is 1.24. The van der Waals surface area contributed by atoms with Gasteiger partial charge >= 0.3 is 0 Å². The summed E-state index contributed by atoms with van der Waals surface area (Å²) in [7, 11) is 3.45. The van der Waals surface area contributed by atoms with Crippen molar-refractivity contribution >= 4 is 12.6 Å². The lowest BCUT2D eigenvalue weighted by Crippen LogP contribution is -2.39. The topological polar surface area (TPSA) is 21.7 Å². The Hall–Kier alpha value is 0.230. The molecular weight excluding hydrogens is 186 g/mol. The van der Waals surface area contributed by atoms with Crippen LogP contribution in [0, 0.1) is 0 Å². The zero-order valence-electron chi connectivity index (χ0n) is 8.82. The van der Waals surface area contributed by atoms with E-state index in [2.05, 4.69) is 24.5 Å². The standard InChI is InChI=1S/C9H21NO2S/c1-9(8-12-3)10(5-7-13)4-6-11-2/h9,13H,4-8H2,1-3H3. The summed E-state index contributed by atoms with van der Waals surface area (Å²) in [6.07, 6.45) is 0. The molecule has 0 rings (SSSR count). The number of methoxy groups -OCH3 is 2. The number of hydrogen-bond donors (Lipinski definition) is 1. The van der Waals surface area contributed by atoms with E-state index in [4.69, 9.17) is 9.47 Å². The van der Waals surface area contributed by atoms with Crippen molar-refractivity contribution in [2.24, 2.45) is 0 Å². The number of nitrogens with zero attached hydrogens (tertiary/aromatic N) is 1. The van der Waals surface area contributed by atoms with Gasteiger partial charge in [0.1, 0.15) is 0 Å². The molecule has 0 heterocycles. The van der Waals surface area contributed by atoms with Gasteiger partial charge in [0.25, 0.3) is 0 Å². The first-order chi connectivity index (χ1) is 6.26. The monoisotopic (exact) mass is 207 g/mol. The minimum Gasteiger partial charge on any atom is -0.383 e. The Labute approximate surface area is 86.8 Å². The molecule has 80 valence electrons. The normalized spacial score (nSPS) is 13.6. The van der Waals surface area contributed by atoms with E-state index in [0.717, 1.165) is 32.1 Å². The molecule has 0 aliphatic carbocycles. The summed E-state index contributed by atoms with van der Waals surface area (Å²) in [4.78, 5) is 2.32. The highest BCUT2D eigenvalue weighted by Crippen LogP contribution is 1.99. The SMILES string of the molecule is COCCN(CCS)C(C)COC. The van der Waals surface area contributed by atoms with Crippen LogP contribution in [-0.2, 0) is 9.47 Å². The van der Waals surface area contributed by atoms with Gasteiger partial charge in [0.2, 0.25) is 0 Å². The highest BCUT2D eigenvalue weighted by molar-refractivity contribution is 7.80. The van der Waals surface area contributed by atoms with Gasteiger partial charge in [-0.15, -0.1) is 0 Å². The van der Waals surface area contributed by atoms with Crippen LogP contribution in [0.25, 0.3) is 0 Å². The lowest BCUT2D eigenvalue weighted by atomic mass is 10.3. The second-order valence-corrected chi connectivity index (χ2v) is 3.50. The van der Waals surface area contributed by atoms with Crippen LogP contribution in [0.2, 0.25) is 0 Å². The highest BCUT2D eigenvalue weighted by Gasteiger charge is 2.11. The molecule has 0 aliphatic heterocycles. The van der Waals surface area contributed by atoms with Gasteiger partial charge in [-0.1, -0.05) is 0 Å². The van der Waals surface area contributed by atoms with E-state index >= 15 is 0 Å². The Bertz CT molecular complexity index is 114. The molecule has 0 radical (unpaired) electrons. The summed E-state index contributed by atoms with van der Waals surface area (Å²) in [6.45, 7) is 5.61. The number of hydrogen-bond acceptors (Lipinski definition) is 4. The van der Waals surface area contributed by atoms with Crippen molar-refractivity contribution < 1.29 is 9.47 Å². The van der Waals surface area contributed by atoms with E-state index < -0.39 is 0 Å². The van der Waals surface area contributed by atoms with Crippen LogP contribution < -0.4 is 0 Å². The Balaban J connectivity index is 3.75. The Kier molecular flexibility index (Phi) is 8.97. The zero-order chi connectivity index (χ0) is 10.1. The van der Waals surface area contributed by atoms with E-state index in [1.807, 2.05) is 0 Å². The second kappa shape index (κ2) is 8.81. The molecule has 0 saturated heterocycles. The first-order valence-corrected chi connectivity index (χ1v) is 5.22. The van der Waals surface area contributed by atoms with Gasteiger partial charge in [0, 0.05) is 39.1 Å². The number of thiol groups is 1. The Morgan fingerprint density at radius 1 is 1.23 bits per heavy atom. The smallest absolute Gasteiger partial charge is 0.0615 e. The maximum absolute atomic E-state index is 5.10.